The van der Waals surface area contributed by atoms with Crippen molar-refractivity contribution in [1.29, 1.82) is 0 Å². The zero-order valence-electron chi connectivity index (χ0n) is 20.1. The SMILES string of the molecule is Cc1cccc(CN2CCCCC2c2cc3nc(C)c(CCC(=O)NC4CC4)c(C)n3n2)c1. The summed E-state index contributed by atoms with van der Waals surface area (Å²) in [5, 5.41) is 8.13. The second-order valence-corrected chi connectivity index (χ2v) is 9.91. The summed E-state index contributed by atoms with van der Waals surface area (Å²) in [6.07, 6.45) is 7.05. The first-order valence-electron chi connectivity index (χ1n) is 12.4. The van der Waals surface area contributed by atoms with Crippen LogP contribution in [0.1, 0.15) is 78.3 Å². The number of aryl methyl sites for hydroxylation is 3. The van der Waals surface area contributed by atoms with E-state index in [1.54, 1.807) is 0 Å². The van der Waals surface area contributed by atoms with E-state index in [2.05, 4.69) is 61.3 Å². The molecular formula is C27H35N5O. The van der Waals surface area contributed by atoms with Crippen molar-refractivity contribution in [3.63, 3.8) is 0 Å². The van der Waals surface area contributed by atoms with Crippen LogP contribution >= 0.6 is 0 Å². The molecule has 3 heterocycles. The van der Waals surface area contributed by atoms with E-state index in [0.717, 1.165) is 60.6 Å². The third-order valence-corrected chi connectivity index (χ3v) is 7.15. The van der Waals surface area contributed by atoms with E-state index in [1.807, 2.05) is 4.52 Å². The average Bonchev–Trinajstić information content (AvgIpc) is 3.49. The molecule has 1 aliphatic heterocycles. The maximum atomic E-state index is 12.2. The van der Waals surface area contributed by atoms with Crippen LogP contribution in [-0.4, -0.2) is 38.0 Å². The molecule has 174 valence electrons. The fraction of sp³-hybridized carbons (Fsp3) is 0.519. The molecule has 1 aliphatic carbocycles. The highest BCUT2D eigenvalue weighted by molar-refractivity contribution is 5.76. The number of nitrogens with zero attached hydrogens (tertiary/aromatic N) is 4. The molecule has 0 spiro atoms. The van der Waals surface area contributed by atoms with Crippen LogP contribution in [0.15, 0.2) is 30.3 Å². The van der Waals surface area contributed by atoms with Crippen molar-refractivity contribution >= 4 is 11.6 Å². The number of nitrogens with one attached hydrogen (secondary N) is 1. The molecule has 2 fully saturated rings. The molecule has 2 aromatic heterocycles. The minimum absolute atomic E-state index is 0.145. The maximum Gasteiger partial charge on any atom is 0.220 e. The summed E-state index contributed by atoms with van der Waals surface area (Å²) in [6.45, 7) is 8.37. The van der Waals surface area contributed by atoms with Crippen molar-refractivity contribution < 1.29 is 4.79 Å². The van der Waals surface area contributed by atoms with Gasteiger partial charge in [-0.15, -0.1) is 0 Å². The quantitative estimate of drug-likeness (QED) is 0.578. The number of aromatic nitrogens is 3. The number of rotatable bonds is 7. The summed E-state index contributed by atoms with van der Waals surface area (Å²) in [5.41, 5.74) is 7.94. The Morgan fingerprint density at radius 3 is 2.76 bits per heavy atom. The van der Waals surface area contributed by atoms with E-state index < -0.39 is 0 Å². The molecule has 1 saturated carbocycles. The van der Waals surface area contributed by atoms with E-state index in [-0.39, 0.29) is 5.91 Å². The Hall–Kier alpha value is -2.73. The van der Waals surface area contributed by atoms with Gasteiger partial charge in [-0.3, -0.25) is 9.69 Å². The zero-order chi connectivity index (χ0) is 22.9. The summed E-state index contributed by atoms with van der Waals surface area (Å²) in [4.78, 5) is 19.7. The van der Waals surface area contributed by atoms with E-state index >= 15 is 0 Å². The van der Waals surface area contributed by atoms with Crippen LogP contribution in [0.25, 0.3) is 5.65 Å². The van der Waals surface area contributed by atoms with E-state index in [4.69, 9.17) is 10.1 Å². The van der Waals surface area contributed by atoms with Crippen LogP contribution in [0.4, 0.5) is 0 Å². The third kappa shape index (κ3) is 4.96. The van der Waals surface area contributed by atoms with Gasteiger partial charge in [0.05, 0.1) is 11.7 Å². The lowest BCUT2D eigenvalue weighted by Crippen LogP contribution is -2.33. The Labute approximate surface area is 196 Å². The zero-order valence-corrected chi connectivity index (χ0v) is 20.1. The van der Waals surface area contributed by atoms with Crippen molar-refractivity contribution in [2.45, 2.75) is 84.3 Å². The van der Waals surface area contributed by atoms with Crippen LogP contribution in [0, 0.1) is 20.8 Å². The molecule has 1 atom stereocenters. The summed E-state index contributed by atoms with van der Waals surface area (Å²) in [6, 6.07) is 11.7. The van der Waals surface area contributed by atoms with Gasteiger partial charge in [0, 0.05) is 36.5 Å². The average molecular weight is 446 g/mol. The molecule has 1 N–H and O–H groups in total. The number of likely N-dealkylation sites (tertiary alicyclic amines) is 1. The molecule has 0 bridgehead atoms. The number of carbonyl (C=O) groups excluding carboxylic acids is 1. The molecular weight excluding hydrogens is 410 g/mol. The van der Waals surface area contributed by atoms with Crippen molar-refractivity contribution in [3.8, 4) is 0 Å². The van der Waals surface area contributed by atoms with Crippen LogP contribution < -0.4 is 5.32 Å². The molecule has 6 heteroatoms. The minimum Gasteiger partial charge on any atom is -0.353 e. The van der Waals surface area contributed by atoms with E-state index in [9.17, 15) is 4.79 Å². The van der Waals surface area contributed by atoms with Crippen molar-refractivity contribution in [3.05, 3.63) is 64.1 Å². The Kier molecular flexibility index (Phi) is 6.19. The van der Waals surface area contributed by atoms with Crippen LogP contribution in [0.5, 0.6) is 0 Å². The molecule has 1 aromatic carbocycles. The van der Waals surface area contributed by atoms with Crippen LogP contribution in [0.2, 0.25) is 0 Å². The molecule has 33 heavy (non-hydrogen) atoms. The van der Waals surface area contributed by atoms with Gasteiger partial charge >= 0.3 is 0 Å². The maximum absolute atomic E-state index is 12.2. The van der Waals surface area contributed by atoms with Crippen molar-refractivity contribution in [1.82, 2.24) is 24.8 Å². The second-order valence-electron chi connectivity index (χ2n) is 9.91. The Morgan fingerprint density at radius 2 is 1.97 bits per heavy atom. The number of hydrogen-bond donors (Lipinski definition) is 1. The molecule has 6 nitrogen and oxygen atoms in total. The predicted octanol–water partition coefficient (Wildman–Crippen LogP) is 4.59. The first-order chi connectivity index (χ1) is 16.0. The van der Waals surface area contributed by atoms with Gasteiger partial charge in [0.25, 0.3) is 0 Å². The molecule has 1 saturated heterocycles. The number of piperidine rings is 1. The molecule has 1 amide bonds. The largest absolute Gasteiger partial charge is 0.353 e. The first-order valence-corrected chi connectivity index (χ1v) is 12.4. The summed E-state index contributed by atoms with van der Waals surface area (Å²) in [7, 11) is 0. The van der Waals surface area contributed by atoms with E-state index in [0.29, 0.717) is 24.9 Å². The second kappa shape index (κ2) is 9.26. The van der Waals surface area contributed by atoms with Crippen molar-refractivity contribution in [2.24, 2.45) is 0 Å². The van der Waals surface area contributed by atoms with Gasteiger partial charge in [-0.2, -0.15) is 5.10 Å². The molecule has 3 aromatic rings. The molecule has 2 aliphatic rings. The van der Waals surface area contributed by atoms with E-state index in [1.165, 1.54) is 24.0 Å². The Bertz CT molecular complexity index is 1160. The fourth-order valence-corrected chi connectivity index (χ4v) is 5.20. The van der Waals surface area contributed by atoms with Crippen LogP contribution in [0.3, 0.4) is 0 Å². The molecule has 0 radical (unpaired) electrons. The number of amides is 1. The standard InChI is InChI=1S/C27H35N5O/c1-18-7-6-8-21(15-18)17-31-14-5-4-9-25(31)24-16-26-28-19(2)23(20(3)32(26)30-24)12-13-27(33)29-22-10-11-22/h6-8,15-16,22,25H,4-5,9-14,17H2,1-3H3,(H,29,33). The predicted molar refractivity (Wildman–Crippen MR) is 130 cm³/mol. The number of carbonyl (C=O) groups is 1. The lowest BCUT2D eigenvalue weighted by Gasteiger charge is -2.34. The number of benzene rings is 1. The van der Waals surface area contributed by atoms with Gasteiger partial charge in [-0.05, 0) is 70.5 Å². The Balaban J connectivity index is 1.38. The summed E-state index contributed by atoms with van der Waals surface area (Å²) >= 11 is 0. The lowest BCUT2D eigenvalue weighted by atomic mass is 9.98. The highest BCUT2D eigenvalue weighted by atomic mass is 16.1. The normalized spacial score (nSPS) is 19.2. The first kappa shape index (κ1) is 22.1. The van der Waals surface area contributed by atoms with Crippen molar-refractivity contribution in [2.75, 3.05) is 6.54 Å². The monoisotopic (exact) mass is 445 g/mol. The van der Waals surface area contributed by atoms with Gasteiger partial charge in [0.15, 0.2) is 5.65 Å². The highest BCUT2D eigenvalue weighted by Crippen LogP contribution is 2.32. The van der Waals surface area contributed by atoms with Crippen LogP contribution in [-0.2, 0) is 17.8 Å². The number of hydrogen-bond acceptors (Lipinski definition) is 4. The van der Waals surface area contributed by atoms with Gasteiger partial charge in [-0.1, -0.05) is 36.2 Å². The summed E-state index contributed by atoms with van der Waals surface area (Å²) in [5.74, 6) is 0.145. The lowest BCUT2D eigenvalue weighted by molar-refractivity contribution is -0.121. The Morgan fingerprint density at radius 1 is 1.12 bits per heavy atom. The van der Waals surface area contributed by atoms with Gasteiger partial charge in [-0.25, -0.2) is 9.50 Å². The topological polar surface area (TPSA) is 62.5 Å². The summed E-state index contributed by atoms with van der Waals surface area (Å²) < 4.78 is 2.00. The minimum atomic E-state index is 0.145. The fourth-order valence-electron chi connectivity index (χ4n) is 5.20. The molecule has 1 unspecified atom stereocenters. The van der Waals surface area contributed by atoms with Gasteiger partial charge in [0.1, 0.15) is 0 Å². The molecule has 5 rings (SSSR count). The highest BCUT2D eigenvalue weighted by Gasteiger charge is 2.27. The van der Waals surface area contributed by atoms with Gasteiger partial charge in [0.2, 0.25) is 5.91 Å². The smallest absolute Gasteiger partial charge is 0.220 e. The van der Waals surface area contributed by atoms with Gasteiger partial charge < -0.3 is 5.32 Å². The third-order valence-electron chi connectivity index (χ3n) is 7.15. The number of fused-ring (bicyclic) bond motifs is 1.